The third-order valence-electron chi connectivity index (χ3n) is 3.24. The highest BCUT2D eigenvalue weighted by atomic mass is 16.5. The Hall–Kier alpha value is -1.51. The summed E-state index contributed by atoms with van der Waals surface area (Å²) >= 11 is 0. The molecule has 0 radical (unpaired) electrons. The molecule has 0 aliphatic rings. The third-order valence-corrected chi connectivity index (χ3v) is 3.24. The molecular formula is C17H26O3. The average molecular weight is 278 g/mol. The number of phenolic OH excluding ortho intramolecular Hbond substituents is 1. The molecular weight excluding hydrogens is 252 g/mol. The van der Waals surface area contributed by atoms with Gasteiger partial charge in [-0.1, -0.05) is 45.2 Å². The van der Waals surface area contributed by atoms with Crippen molar-refractivity contribution in [3.8, 4) is 5.75 Å². The van der Waals surface area contributed by atoms with Crippen molar-refractivity contribution in [1.29, 1.82) is 0 Å². The van der Waals surface area contributed by atoms with Gasteiger partial charge in [0.25, 0.3) is 0 Å². The van der Waals surface area contributed by atoms with Crippen LogP contribution in [0.5, 0.6) is 5.75 Å². The van der Waals surface area contributed by atoms with Crippen LogP contribution in [0.15, 0.2) is 24.3 Å². The Labute approximate surface area is 122 Å². The highest BCUT2D eigenvalue weighted by Crippen LogP contribution is 2.12. The lowest BCUT2D eigenvalue weighted by atomic mass is 10.1. The number of hydrogen-bond acceptors (Lipinski definition) is 3. The summed E-state index contributed by atoms with van der Waals surface area (Å²) in [5.41, 5.74) is 1.04. The monoisotopic (exact) mass is 278 g/mol. The number of benzene rings is 1. The number of ether oxygens (including phenoxy) is 1. The van der Waals surface area contributed by atoms with Crippen molar-refractivity contribution in [3.05, 3.63) is 29.8 Å². The fourth-order valence-electron chi connectivity index (χ4n) is 2.00. The van der Waals surface area contributed by atoms with E-state index < -0.39 is 0 Å². The summed E-state index contributed by atoms with van der Waals surface area (Å²) in [7, 11) is 0. The molecule has 0 amide bonds. The highest BCUT2D eigenvalue weighted by molar-refractivity contribution is 5.69. The first-order valence-corrected chi connectivity index (χ1v) is 7.51. The second kappa shape index (κ2) is 9.40. The number of hydrogen-bond donors (Lipinski definition) is 1. The predicted octanol–water partition coefficient (Wildman–Crippen LogP) is 4.08. The van der Waals surface area contributed by atoms with Gasteiger partial charge in [0.15, 0.2) is 0 Å². The fraction of sp³-hybridized carbons (Fsp3) is 0.588. The van der Waals surface area contributed by atoms with E-state index in [1.54, 1.807) is 12.1 Å². The second-order valence-electron chi connectivity index (χ2n) is 5.63. The van der Waals surface area contributed by atoms with Crippen LogP contribution < -0.4 is 0 Å². The van der Waals surface area contributed by atoms with E-state index in [1.807, 2.05) is 12.1 Å². The normalized spacial score (nSPS) is 10.8. The van der Waals surface area contributed by atoms with E-state index in [4.69, 9.17) is 9.84 Å². The molecule has 0 atom stereocenters. The molecule has 3 heteroatoms. The summed E-state index contributed by atoms with van der Waals surface area (Å²) in [4.78, 5) is 11.6. The molecule has 112 valence electrons. The number of rotatable bonds is 9. The maximum Gasteiger partial charge on any atom is 0.306 e. The number of aromatic hydroxyl groups is 1. The molecule has 0 saturated carbocycles. The first-order valence-electron chi connectivity index (χ1n) is 7.51. The van der Waals surface area contributed by atoms with Gasteiger partial charge in [0.2, 0.25) is 0 Å². The van der Waals surface area contributed by atoms with E-state index in [9.17, 15) is 4.79 Å². The van der Waals surface area contributed by atoms with Gasteiger partial charge in [-0.05, 0) is 36.5 Å². The number of carbonyl (C=O) groups excluding carboxylic acids is 1. The Balaban J connectivity index is 2.04. The predicted molar refractivity (Wildman–Crippen MR) is 80.7 cm³/mol. The van der Waals surface area contributed by atoms with Crippen molar-refractivity contribution in [2.75, 3.05) is 6.61 Å². The molecule has 0 fully saturated rings. The van der Waals surface area contributed by atoms with Gasteiger partial charge in [-0.2, -0.15) is 0 Å². The minimum atomic E-state index is -0.137. The van der Waals surface area contributed by atoms with E-state index in [-0.39, 0.29) is 11.7 Å². The molecule has 1 aromatic rings. The summed E-state index contributed by atoms with van der Waals surface area (Å²) in [5, 5.41) is 9.16. The van der Waals surface area contributed by atoms with Crippen LogP contribution >= 0.6 is 0 Å². The Bertz CT molecular complexity index is 382. The Morgan fingerprint density at radius 2 is 1.85 bits per heavy atom. The van der Waals surface area contributed by atoms with Gasteiger partial charge in [-0.15, -0.1) is 0 Å². The van der Waals surface area contributed by atoms with Crippen LogP contribution in [-0.4, -0.2) is 17.7 Å². The van der Waals surface area contributed by atoms with Gasteiger partial charge >= 0.3 is 5.97 Å². The molecule has 3 nitrogen and oxygen atoms in total. The summed E-state index contributed by atoms with van der Waals surface area (Å²) in [6.07, 6.45) is 5.60. The summed E-state index contributed by atoms with van der Waals surface area (Å²) in [6.45, 7) is 4.99. The first kappa shape index (κ1) is 16.5. The summed E-state index contributed by atoms with van der Waals surface area (Å²) in [6, 6.07) is 6.92. The zero-order valence-electron chi connectivity index (χ0n) is 12.6. The van der Waals surface area contributed by atoms with Crippen molar-refractivity contribution in [2.45, 2.75) is 52.4 Å². The minimum Gasteiger partial charge on any atom is -0.508 e. The largest absolute Gasteiger partial charge is 0.508 e. The molecule has 0 aromatic heterocycles. The van der Waals surface area contributed by atoms with E-state index in [0.29, 0.717) is 19.4 Å². The van der Waals surface area contributed by atoms with Crippen LogP contribution in [-0.2, 0) is 16.0 Å². The molecule has 0 saturated heterocycles. The van der Waals surface area contributed by atoms with Crippen molar-refractivity contribution in [3.63, 3.8) is 0 Å². The SMILES string of the molecule is CC(C)CCCCCOC(=O)CCc1ccc(O)cc1. The summed E-state index contributed by atoms with van der Waals surface area (Å²) in [5.74, 6) is 0.863. The lowest BCUT2D eigenvalue weighted by Gasteiger charge is -2.06. The van der Waals surface area contributed by atoms with Crippen molar-refractivity contribution < 1.29 is 14.6 Å². The van der Waals surface area contributed by atoms with Crippen LogP contribution in [0.3, 0.4) is 0 Å². The van der Waals surface area contributed by atoms with Gasteiger partial charge in [-0.3, -0.25) is 4.79 Å². The second-order valence-corrected chi connectivity index (χ2v) is 5.63. The van der Waals surface area contributed by atoms with Gasteiger partial charge in [0.05, 0.1) is 6.61 Å². The number of phenols is 1. The molecule has 0 aliphatic carbocycles. The quantitative estimate of drug-likeness (QED) is 0.547. The molecule has 1 aromatic carbocycles. The van der Waals surface area contributed by atoms with Crippen molar-refractivity contribution in [2.24, 2.45) is 5.92 Å². The number of carbonyl (C=O) groups is 1. The van der Waals surface area contributed by atoms with E-state index in [0.717, 1.165) is 24.3 Å². The van der Waals surface area contributed by atoms with Gasteiger partial charge in [0, 0.05) is 6.42 Å². The standard InChI is InChI=1S/C17H26O3/c1-14(2)6-4-3-5-13-20-17(19)12-9-15-7-10-16(18)11-8-15/h7-8,10-11,14,18H,3-6,9,12-13H2,1-2H3. The van der Waals surface area contributed by atoms with Gasteiger partial charge < -0.3 is 9.84 Å². The molecule has 1 rings (SSSR count). The molecule has 0 unspecified atom stereocenters. The molecule has 0 heterocycles. The van der Waals surface area contributed by atoms with Gasteiger partial charge in [-0.25, -0.2) is 0 Å². The summed E-state index contributed by atoms with van der Waals surface area (Å²) < 4.78 is 5.21. The van der Waals surface area contributed by atoms with Crippen LogP contribution in [0, 0.1) is 5.92 Å². The average Bonchev–Trinajstić information content (AvgIpc) is 2.41. The number of esters is 1. The molecule has 20 heavy (non-hydrogen) atoms. The highest BCUT2D eigenvalue weighted by Gasteiger charge is 2.04. The number of unbranched alkanes of at least 4 members (excludes halogenated alkanes) is 2. The van der Waals surface area contributed by atoms with Crippen LogP contribution in [0.1, 0.15) is 51.5 Å². The topological polar surface area (TPSA) is 46.5 Å². The maximum absolute atomic E-state index is 11.6. The lowest BCUT2D eigenvalue weighted by molar-refractivity contribution is -0.143. The Morgan fingerprint density at radius 3 is 2.50 bits per heavy atom. The third kappa shape index (κ3) is 7.82. The van der Waals surface area contributed by atoms with Crippen molar-refractivity contribution in [1.82, 2.24) is 0 Å². The molecule has 0 spiro atoms. The molecule has 1 N–H and O–H groups in total. The van der Waals surface area contributed by atoms with Crippen LogP contribution in [0.2, 0.25) is 0 Å². The van der Waals surface area contributed by atoms with Crippen molar-refractivity contribution >= 4 is 5.97 Å². The Morgan fingerprint density at radius 1 is 1.15 bits per heavy atom. The van der Waals surface area contributed by atoms with E-state index in [2.05, 4.69) is 13.8 Å². The zero-order valence-corrected chi connectivity index (χ0v) is 12.6. The smallest absolute Gasteiger partial charge is 0.306 e. The molecule has 0 bridgehead atoms. The fourth-order valence-corrected chi connectivity index (χ4v) is 2.00. The van der Waals surface area contributed by atoms with Crippen LogP contribution in [0.4, 0.5) is 0 Å². The zero-order chi connectivity index (χ0) is 14.8. The maximum atomic E-state index is 11.6. The minimum absolute atomic E-state index is 0.137. The first-order chi connectivity index (χ1) is 9.58. The Kier molecular flexibility index (Phi) is 7.78. The number of aryl methyl sites for hydroxylation is 1. The van der Waals surface area contributed by atoms with E-state index >= 15 is 0 Å². The van der Waals surface area contributed by atoms with Crippen LogP contribution in [0.25, 0.3) is 0 Å². The molecule has 0 aliphatic heterocycles. The van der Waals surface area contributed by atoms with Gasteiger partial charge in [0.1, 0.15) is 5.75 Å². The lowest BCUT2D eigenvalue weighted by Crippen LogP contribution is -2.07. The van der Waals surface area contributed by atoms with E-state index in [1.165, 1.54) is 12.8 Å².